The van der Waals surface area contributed by atoms with Gasteiger partial charge in [-0.05, 0) is 42.6 Å². The fraction of sp³-hybridized carbons (Fsp3) is 0.368. The first-order valence-corrected chi connectivity index (χ1v) is 7.79. The number of hydrogen-bond acceptors (Lipinski definition) is 2. The number of rotatable bonds is 4. The van der Waals surface area contributed by atoms with Crippen LogP contribution in [0.3, 0.4) is 0 Å². The molecule has 0 radical (unpaired) electrons. The Labute approximate surface area is 127 Å². The van der Waals surface area contributed by atoms with Gasteiger partial charge in [0.1, 0.15) is 5.75 Å². The Kier molecular flexibility index (Phi) is 4.56. The van der Waals surface area contributed by atoms with E-state index < -0.39 is 0 Å². The van der Waals surface area contributed by atoms with Crippen LogP contribution in [0.25, 0.3) is 0 Å². The summed E-state index contributed by atoms with van der Waals surface area (Å²) in [5.74, 6) is 0.934. The average molecular weight is 281 g/mol. The van der Waals surface area contributed by atoms with Gasteiger partial charge in [0.2, 0.25) is 0 Å². The molecule has 2 nitrogen and oxygen atoms in total. The number of nitrogens with zero attached hydrogens (tertiary/aromatic N) is 1. The van der Waals surface area contributed by atoms with Crippen molar-refractivity contribution in [1.82, 2.24) is 4.90 Å². The van der Waals surface area contributed by atoms with Crippen LogP contribution in [-0.2, 0) is 6.54 Å². The molecule has 0 aromatic heterocycles. The van der Waals surface area contributed by atoms with Crippen LogP contribution < -0.4 is 4.74 Å². The summed E-state index contributed by atoms with van der Waals surface area (Å²) >= 11 is 0. The third-order valence-electron chi connectivity index (χ3n) is 4.34. The molecule has 1 saturated heterocycles. The number of hydrogen-bond donors (Lipinski definition) is 0. The van der Waals surface area contributed by atoms with Gasteiger partial charge in [-0.2, -0.15) is 0 Å². The van der Waals surface area contributed by atoms with Crippen molar-refractivity contribution >= 4 is 0 Å². The molecule has 21 heavy (non-hydrogen) atoms. The van der Waals surface area contributed by atoms with Crippen molar-refractivity contribution in [1.29, 1.82) is 0 Å². The molecule has 3 rings (SSSR count). The van der Waals surface area contributed by atoms with E-state index in [4.69, 9.17) is 4.74 Å². The minimum Gasteiger partial charge on any atom is -0.497 e. The van der Waals surface area contributed by atoms with E-state index in [1.807, 2.05) is 0 Å². The Hall–Kier alpha value is -1.80. The second-order valence-electron chi connectivity index (χ2n) is 5.74. The highest BCUT2D eigenvalue weighted by Crippen LogP contribution is 2.32. The Morgan fingerprint density at radius 1 is 1.00 bits per heavy atom. The van der Waals surface area contributed by atoms with E-state index in [2.05, 4.69) is 59.5 Å². The molecule has 2 aromatic rings. The fourth-order valence-electron chi connectivity index (χ4n) is 3.20. The van der Waals surface area contributed by atoms with E-state index in [0.717, 1.165) is 12.3 Å². The first-order chi connectivity index (χ1) is 10.4. The van der Waals surface area contributed by atoms with E-state index in [1.54, 1.807) is 7.11 Å². The smallest absolute Gasteiger partial charge is 0.118 e. The van der Waals surface area contributed by atoms with Crippen LogP contribution >= 0.6 is 0 Å². The molecule has 0 bridgehead atoms. The average Bonchev–Trinajstić information content (AvgIpc) is 2.56. The number of likely N-dealkylation sites (tertiary alicyclic amines) is 1. The molecule has 1 aliphatic rings. The first kappa shape index (κ1) is 14.2. The van der Waals surface area contributed by atoms with Gasteiger partial charge in [-0.25, -0.2) is 0 Å². The molecule has 0 amide bonds. The second-order valence-corrected chi connectivity index (χ2v) is 5.74. The van der Waals surface area contributed by atoms with Crippen LogP contribution in [-0.4, -0.2) is 18.6 Å². The maximum absolute atomic E-state index is 5.27. The van der Waals surface area contributed by atoms with Gasteiger partial charge in [-0.1, -0.05) is 48.9 Å². The van der Waals surface area contributed by atoms with Crippen molar-refractivity contribution in [3.05, 3.63) is 65.7 Å². The number of ether oxygens (including phenoxy) is 1. The van der Waals surface area contributed by atoms with Crippen molar-refractivity contribution in [3.63, 3.8) is 0 Å². The minimum atomic E-state index is 0.532. The molecule has 0 unspecified atom stereocenters. The predicted molar refractivity (Wildman–Crippen MR) is 86.4 cm³/mol. The molecular weight excluding hydrogens is 258 g/mol. The van der Waals surface area contributed by atoms with Crippen molar-refractivity contribution < 1.29 is 4.74 Å². The Morgan fingerprint density at radius 3 is 2.48 bits per heavy atom. The summed E-state index contributed by atoms with van der Waals surface area (Å²) in [6.07, 6.45) is 3.88. The SMILES string of the molecule is COc1ccc([C@H]2CCCCN2Cc2ccccc2)cc1. The Bertz CT molecular complexity index is 550. The summed E-state index contributed by atoms with van der Waals surface area (Å²) in [7, 11) is 1.72. The summed E-state index contributed by atoms with van der Waals surface area (Å²) in [5.41, 5.74) is 2.81. The molecule has 1 heterocycles. The maximum atomic E-state index is 5.27. The minimum absolute atomic E-state index is 0.532. The highest BCUT2D eigenvalue weighted by atomic mass is 16.5. The Morgan fingerprint density at radius 2 is 1.76 bits per heavy atom. The Balaban J connectivity index is 1.77. The van der Waals surface area contributed by atoms with Crippen molar-refractivity contribution in [2.75, 3.05) is 13.7 Å². The third kappa shape index (κ3) is 3.45. The predicted octanol–water partition coefficient (Wildman–Crippen LogP) is 4.42. The zero-order valence-corrected chi connectivity index (χ0v) is 12.7. The summed E-state index contributed by atoms with van der Waals surface area (Å²) < 4.78 is 5.27. The highest BCUT2D eigenvalue weighted by molar-refractivity contribution is 5.29. The van der Waals surface area contributed by atoms with Crippen molar-refractivity contribution in [3.8, 4) is 5.75 Å². The van der Waals surface area contributed by atoms with E-state index >= 15 is 0 Å². The van der Waals surface area contributed by atoms with Gasteiger partial charge < -0.3 is 4.74 Å². The lowest BCUT2D eigenvalue weighted by Gasteiger charge is -2.36. The zero-order chi connectivity index (χ0) is 14.5. The number of benzene rings is 2. The summed E-state index contributed by atoms with van der Waals surface area (Å²) in [6, 6.07) is 19.9. The number of piperidine rings is 1. The summed E-state index contributed by atoms with van der Waals surface area (Å²) in [4.78, 5) is 2.61. The van der Waals surface area contributed by atoms with E-state index in [-0.39, 0.29) is 0 Å². The van der Waals surface area contributed by atoms with Crippen molar-refractivity contribution in [2.24, 2.45) is 0 Å². The standard InChI is InChI=1S/C19H23NO/c1-21-18-12-10-17(11-13-18)19-9-5-6-14-20(19)15-16-7-3-2-4-8-16/h2-4,7-8,10-13,19H,5-6,9,14-15H2,1H3/t19-/m1/s1. The van der Waals surface area contributed by atoms with Crippen LogP contribution in [0.2, 0.25) is 0 Å². The van der Waals surface area contributed by atoms with Crippen LogP contribution in [0, 0.1) is 0 Å². The molecule has 0 N–H and O–H groups in total. The first-order valence-electron chi connectivity index (χ1n) is 7.79. The molecule has 1 fully saturated rings. The van der Waals surface area contributed by atoms with E-state index in [1.165, 1.54) is 36.9 Å². The lowest BCUT2D eigenvalue weighted by Crippen LogP contribution is -2.32. The van der Waals surface area contributed by atoms with Crippen LogP contribution in [0.5, 0.6) is 5.75 Å². The lowest BCUT2D eigenvalue weighted by molar-refractivity contribution is 0.140. The van der Waals surface area contributed by atoms with Gasteiger partial charge in [0.25, 0.3) is 0 Å². The monoisotopic (exact) mass is 281 g/mol. The summed E-state index contributed by atoms with van der Waals surface area (Å²) in [5, 5.41) is 0. The zero-order valence-electron chi connectivity index (χ0n) is 12.7. The van der Waals surface area contributed by atoms with Crippen LogP contribution in [0.15, 0.2) is 54.6 Å². The normalized spacial score (nSPS) is 19.4. The maximum Gasteiger partial charge on any atom is 0.118 e. The molecule has 2 heteroatoms. The molecule has 110 valence electrons. The van der Waals surface area contributed by atoms with Gasteiger partial charge in [0.15, 0.2) is 0 Å². The van der Waals surface area contributed by atoms with Crippen molar-refractivity contribution in [2.45, 2.75) is 31.8 Å². The van der Waals surface area contributed by atoms with Gasteiger partial charge in [-0.15, -0.1) is 0 Å². The third-order valence-corrected chi connectivity index (χ3v) is 4.34. The van der Waals surface area contributed by atoms with E-state index in [9.17, 15) is 0 Å². The van der Waals surface area contributed by atoms with Gasteiger partial charge in [-0.3, -0.25) is 4.90 Å². The lowest BCUT2D eigenvalue weighted by atomic mass is 9.94. The number of methoxy groups -OCH3 is 1. The highest BCUT2D eigenvalue weighted by Gasteiger charge is 2.23. The molecule has 0 saturated carbocycles. The molecular formula is C19H23NO. The molecule has 1 atom stereocenters. The molecule has 0 spiro atoms. The second kappa shape index (κ2) is 6.77. The van der Waals surface area contributed by atoms with Crippen LogP contribution in [0.1, 0.15) is 36.4 Å². The van der Waals surface area contributed by atoms with Gasteiger partial charge in [0.05, 0.1) is 7.11 Å². The topological polar surface area (TPSA) is 12.5 Å². The molecule has 2 aromatic carbocycles. The van der Waals surface area contributed by atoms with Gasteiger partial charge in [0, 0.05) is 12.6 Å². The molecule has 0 aliphatic carbocycles. The van der Waals surface area contributed by atoms with E-state index in [0.29, 0.717) is 6.04 Å². The molecule has 1 aliphatic heterocycles. The fourth-order valence-corrected chi connectivity index (χ4v) is 3.20. The van der Waals surface area contributed by atoms with Gasteiger partial charge >= 0.3 is 0 Å². The van der Waals surface area contributed by atoms with Crippen LogP contribution in [0.4, 0.5) is 0 Å². The summed E-state index contributed by atoms with van der Waals surface area (Å²) in [6.45, 7) is 2.23. The largest absolute Gasteiger partial charge is 0.497 e. The quantitative estimate of drug-likeness (QED) is 0.822.